The Kier molecular flexibility index (Phi) is 11.1. The number of carbonyl (C=O) groups excluding carboxylic acids is 1. The second-order valence-electron chi connectivity index (χ2n) is 10.3. The zero-order valence-electron chi connectivity index (χ0n) is 22.4. The summed E-state index contributed by atoms with van der Waals surface area (Å²) in [6.07, 6.45) is 8.55. The average Bonchev–Trinajstić information content (AvgIpc) is 2.89. The Morgan fingerprint density at radius 1 is 1.08 bits per heavy atom. The molecule has 37 heavy (non-hydrogen) atoms. The summed E-state index contributed by atoms with van der Waals surface area (Å²) in [4.78, 5) is 18.1. The van der Waals surface area contributed by atoms with E-state index < -0.39 is 6.04 Å². The Hall–Kier alpha value is -3.22. The van der Waals surface area contributed by atoms with Crippen molar-refractivity contribution in [2.45, 2.75) is 71.0 Å². The predicted octanol–water partition coefficient (Wildman–Crippen LogP) is 5.20. The van der Waals surface area contributed by atoms with Gasteiger partial charge in [0.1, 0.15) is 5.75 Å². The largest absolute Gasteiger partial charge is 0.508 e. The van der Waals surface area contributed by atoms with Gasteiger partial charge in [-0.3, -0.25) is 10.1 Å². The number of aromatic hydroxyl groups is 1. The van der Waals surface area contributed by atoms with Gasteiger partial charge in [-0.25, -0.2) is 4.98 Å². The van der Waals surface area contributed by atoms with Crippen LogP contribution in [0.5, 0.6) is 5.75 Å². The van der Waals surface area contributed by atoms with Crippen molar-refractivity contribution < 1.29 is 9.90 Å². The minimum Gasteiger partial charge on any atom is -0.508 e. The third-order valence-corrected chi connectivity index (χ3v) is 6.42. The SMILES string of the molecule is CCCC[C@H](N)CNC(=O)[C@H](Cc1ccc(O)cc1)N[C@H](/C=C/c1ccc2ccccc2n1)CC(C)C. The molecule has 198 valence electrons. The first-order chi connectivity index (χ1) is 17.8. The Bertz CT molecular complexity index is 1140. The highest BCUT2D eigenvalue weighted by molar-refractivity contribution is 5.82. The fourth-order valence-electron chi connectivity index (χ4n) is 4.38. The number of fused-ring (bicyclic) bond motifs is 1. The summed E-state index contributed by atoms with van der Waals surface area (Å²) in [6, 6.07) is 18.7. The number of nitrogens with zero attached hydrogens (tertiary/aromatic N) is 1. The van der Waals surface area contributed by atoms with Gasteiger partial charge in [0, 0.05) is 24.0 Å². The molecule has 0 fully saturated rings. The van der Waals surface area contributed by atoms with E-state index in [1.165, 1.54) is 0 Å². The minimum absolute atomic E-state index is 0.0186. The number of rotatable bonds is 14. The predicted molar refractivity (Wildman–Crippen MR) is 153 cm³/mol. The molecule has 3 atom stereocenters. The third-order valence-electron chi connectivity index (χ3n) is 6.42. The third kappa shape index (κ3) is 9.63. The molecule has 0 radical (unpaired) electrons. The van der Waals surface area contributed by atoms with Gasteiger partial charge in [-0.1, -0.05) is 76.1 Å². The standard InChI is InChI=1S/C31H42N4O2/c1-4-5-9-25(32)21-33-31(37)30(20-23-11-17-28(36)18-12-23)35-27(19-22(2)3)16-15-26-14-13-24-8-6-7-10-29(24)34-26/h6-8,10-18,22,25,27,30,35-36H,4-5,9,19-21,32H2,1-3H3,(H,33,37)/b16-15+/t25-,27+,30-/m0/s1. The van der Waals surface area contributed by atoms with Crippen LogP contribution >= 0.6 is 0 Å². The first kappa shape index (κ1) is 28.4. The van der Waals surface area contributed by atoms with Crippen LogP contribution in [0.3, 0.4) is 0 Å². The molecule has 0 unspecified atom stereocenters. The van der Waals surface area contributed by atoms with Gasteiger partial charge in [0.25, 0.3) is 0 Å². The number of nitrogens with two attached hydrogens (primary N) is 1. The van der Waals surface area contributed by atoms with Crippen molar-refractivity contribution in [1.82, 2.24) is 15.6 Å². The molecule has 0 aliphatic heterocycles. The normalized spacial score (nSPS) is 14.2. The van der Waals surface area contributed by atoms with Crippen molar-refractivity contribution >= 4 is 22.9 Å². The number of phenolic OH excluding ortho intramolecular Hbond substituents is 1. The van der Waals surface area contributed by atoms with Crippen LogP contribution in [-0.2, 0) is 11.2 Å². The maximum Gasteiger partial charge on any atom is 0.237 e. The zero-order chi connectivity index (χ0) is 26.6. The lowest BCUT2D eigenvalue weighted by atomic mass is 9.99. The number of amides is 1. The molecule has 3 rings (SSSR count). The summed E-state index contributed by atoms with van der Waals surface area (Å²) in [7, 11) is 0. The van der Waals surface area contributed by atoms with E-state index >= 15 is 0 Å². The fraction of sp³-hybridized carbons (Fsp3) is 0.419. The number of benzene rings is 2. The maximum absolute atomic E-state index is 13.3. The first-order valence-corrected chi connectivity index (χ1v) is 13.4. The van der Waals surface area contributed by atoms with E-state index in [2.05, 4.69) is 49.6 Å². The highest BCUT2D eigenvalue weighted by Crippen LogP contribution is 2.16. The van der Waals surface area contributed by atoms with Gasteiger partial charge in [0.05, 0.1) is 17.3 Å². The molecule has 2 aromatic carbocycles. The quantitative estimate of drug-likeness (QED) is 0.243. The monoisotopic (exact) mass is 502 g/mol. The van der Waals surface area contributed by atoms with Crippen LogP contribution in [0.25, 0.3) is 17.0 Å². The fourth-order valence-corrected chi connectivity index (χ4v) is 4.38. The molecule has 1 heterocycles. The van der Waals surface area contributed by atoms with Gasteiger partial charge >= 0.3 is 0 Å². The summed E-state index contributed by atoms with van der Waals surface area (Å²) < 4.78 is 0. The van der Waals surface area contributed by atoms with Crippen LogP contribution in [0.2, 0.25) is 0 Å². The smallest absolute Gasteiger partial charge is 0.237 e. The Balaban J connectivity index is 1.77. The van der Waals surface area contributed by atoms with E-state index in [0.717, 1.165) is 47.8 Å². The van der Waals surface area contributed by atoms with Gasteiger partial charge in [-0.05, 0) is 61.1 Å². The molecule has 0 saturated carbocycles. The second-order valence-corrected chi connectivity index (χ2v) is 10.3. The van der Waals surface area contributed by atoms with Crippen molar-refractivity contribution in [3.05, 3.63) is 78.0 Å². The molecule has 0 spiro atoms. The maximum atomic E-state index is 13.3. The van der Waals surface area contributed by atoms with Crippen molar-refractivity contribution in [3.8, 4) is 5.75 Å². The Labute approximate surface area is 221 Å². The van der Waals surface area contributed by atoms with E-state index in [9.17, 15) is 9.90 Å². The second kappa shape index (κ2) is 14.5. The van der Waals surface area contributed by atoms with E-state index in [0.29, 0.717) is 18.9 Å². The van der Waals surface area contributed by atoms with Crippen LogP contribution in [0, 0.1) is 5.92 Å². The number of hydrogen-bond donors (Lipinski definition) is 4. The van der Waals surface area contributed by atoms with Gasteiger partial charge < -0.3 is 16.2 Å². The van der Waals surface area contributed by atoms with E-state index in [1.807, 2.05) is 42.5 Å². The summed E-state index contributed by atoms with van der Waals surface area (Å²) in [5, 5.41) is 17.4. The van der Waals surface area contributed by atoms with Crippen LogP contribution in [0.4, 0.5) is 0 Å². The molecule has 0 saturated heterocycles. The lowest BCUT2D eigenvalue weighted by molar-refractivity contribution is -0.123. The summed E-state index contributed by atoms with van der Waals surface area (Å²) in [5.41, 5.74) is 9.04. The first-order valence-electron chi connectivity index (χ1n) is 13.4. The zero-order valence-corrected chi connectivity index (χ0v) is 22.4. The number of hydrogen-bond acceptors (Lipinski definition) is 5. The Morgan fingerprint density at radius 2 is 1.84 bits per heavy atom. The molecule has 6 heteroatoms. The highest BCUT2D eigenvalue weighted by atomic mass is 16.3. The molecule has 5 N–H and O–H groups in total. The number of unbranched alkanes of at least 4 members (excludes halogenated alkanes) is 1. The topological polar surface area (TPSA) is 100 Å². The number of nitrogens with one attached hydrogen (secondary N) is 2. The summed E-state index contributed by atoms with van der Waals surface area (Å²) in [5.74, 6) is 0.584. The van der Waals surface area contributed by atoms with Gasteiger partial charge in [0.15, 0.2) is 0 Å². The van der Waals surface area contributed by atoms with Gasteiger partial charge in [-0.2, -0.15) is 0 Å². The molecular formula is C31H42N4O2. The van der Waals surface area contributed by atoms with Gasteiger partial charge in [-0.15, -0.1) is 0 Å². The van der Waals surface area contributed by atoms with Crippen LogP contribution in [0.15, 0.2) is 66.7 Å². The lowest BCUT2D eigenvalue weighted by Gasteiger charge is -2.25. The number of aromatic nitrogens is 1. The van der Waals surface area contributed by atoms with E-state index in [-0.39, 0.29) is 23.7 Å². The summed E-state index contributed by atoms with van der Waals surface area (Å²) in [6.45, 7) is 6.95. The molecule has 1 aromatic heterocycles. The van der Waals surface area contributed by atoms with Gasteiger partial charge in [0.2, 0.25) is 5.91 Å². The van der Waals surface area contributed by atoms with Crippen molar-refractivity contribution in [3.63, 3.8) is 0 Å². The summed E-state index contributed by atoms with van der Waals surface area (Å²) >= 11 is 0. The average molecular weight is 503 g/mol. The molecule has 3 aromatic rings. The number of pyridine rings is 1. The van der Waals surface area contributed by atoms with Crippen LogP contribution < -0.4 is 16.4 Å². The number of para-hydroxylation sites is 1. The number of carbonyl (C=O) groups is 1. The molecule has 6 nitrogen and oxygen atoms in total. The lowest BCUT2D eigenvalue weighted by Crippen LogP contribution is -2.51. The molecular weight excluding hydrogens is 460 g/mol. The van der Waals surface area contributed by atoms with E-state index in [4.69, 9.17) is 10.7 Å². The minimum atomic E-state index is -0.444. The van der Waals surface area contributed by atoms with Crippen molar-refractivity contribution in [2.24, 2.45) is 11.7 Å². The molecule has 0 bridgehead atoms. The molecule has 0 aliphatic carbocycles. The van der Waals surface area contributed by atoms with Crippen LogP contribution in [-0.4, -0.2) is 40.7 Å². The number of phenols is 1. The Morgan fingerprint density at radius 3 is 2.57 bits per heavy atom. The molecule has 0 aliphatic rings. The van der Waals surface area contributed by atoms with Crippen molar-refractivity contribution in [2.75, 3.05) is 6.54 Å². The van der Waals surface area contributed by atoms with Crippen molar-refractivity contribution in [1.29, 1.82) is 0 Å². The molecule has 1 amide bonds. The van der Waals surface area contributed by atoms with E-state index in [1.54, 1.807) is 12.1 Å². The highest BCUT2D eigenvalue weighted by Gasteiger charge is 2.23. The van der Waals surface area contributed by atoms with Crippen LogP contribution in [0.1, 0.15) is 57.7 Å².